The highest BCUT2D eigenvalue weighted by molar-refractivity contribution is 5.92. The number of benzene rings is 1. The van der Waals surface area contributed by atoms with Gasteiger partial charge in [-0.05, 0) is 29.7 Å². The topological polar surface area (TPSA) is 58.6 Å². The van der Waals surface area contributed by atoms with Crippen LogP contribution in [0.25, 0.3) is 6.08 Å². The Morgan fingerprint density at radius 2 is 1.91 bits per heavy atom. The largest absolute Gasteiger partial charge is 0.383 e. The lowest BCUT2D eigenvalue weighted by Gasteiger charge is -2.22. The second-order valence-electron chi connectivity index (χ2n) is 5.81. The van der Waals surface area contributed by atoms with Crippen molar-refractivity contribution in [3.8, 4) is 0 Å². The first-order valence-corrected chi connectivity index (χ1v) is 7.76. The van der Waals surface area contributed by atoms with Crippen LogP contribution < -0.4 is 5.32 Å². The molecule has 0 bridgehead atoms. The van der Waals surface area contributed by atoms with E-state index in [0.717, 1.165) is 11.3 Å². The van der Waals surface area contributed by atoms with Gasteiger partial charge in [-0.1, -0.05) is 26.0 Å². The lowest BCUT2D eigenvalue weighted by Crippen LogP contribution is -2.35. The molecular weight excluding hydrogens is 292 g/mol. The quantitative estimate of drug-likeness (QED) is 0.750. The van der Waals surface area contributed by atoms with Crippen LogP contribution in [0.5, 0.6) is 0 Å². The Kier molecular flexibility index (Phi) is 8.05. The Morgan fingerprint density at radius 3 is 2.43 bits per heavy atom. The second-order valence-corrected chi connectivity index (χ2v) is 5.81. The first-order chi connectivity index (χ1) is 10.9. The van der Waals surface area contributed by atoms with Crippen LogP contribution in [0.2, 0.25) is 0 Å². The number of carbonyl (C=O) groups excluding carboxylic acids is 2. The number of rotatable bonds is 8. The van der Waals surface area contributed by atoms with Crippen molar-refractivity contribution in [3.63, 3.8) is 0 Å². The predicted molar refractivity (Wildman–Crippen MR) is 93.1 cm³/mol. The summed E-state index contributed by atoms with van der Waals surface area (Å²) in [5.74, 6) is 0.272. The van der Waals surface area contributed by atoms with Crippen LogP contribution in [0.4, 0.5) is 5.69 Å². The van der Waals surface area contributed by atoms with Crippen LogP contribution in [-0.4, -0.2) is 43.5 Å². The number of nitrogens with one attached hydrogen (secondary N) is 1. The monoisotopic (exact) mass is 318 g/mol. The van der Waals surface area contributed by atoms with E-state index in [1.165, 1.54) is 6.92 Å². The molecule has 1 aromatic rings. The van der Waals surface area contributed by atoms with Crippen LogP contribution in [0.15, 0.2) is 30.3 Å². The van der Waals surface area contributed by atoms with E-state index in [2.05, 4.69) is 19.2 Å². The van der Waals surface area contributed by atoms with E-state index in [1.54, 1.807) is 24.2 Å². The van der Waals surface area contributed by atoms with Crippen LogP contribution in [-0.2, 0) is 14.3 Å². The van der Waals surface area contributed by atoms with Crippen molar-refractivity contribution in [2.24, 2.45) is 5.92 Å². The highest BCUT2D eigenvalue weighted by Crippen LogP contribution is 2.11. The van der Waals surface area contributed by atoms with Crippen molar-refractivity contribution in [2.75, 3.05) is 32.1 Å². The van der Waals surface area contributed by atoms with Gasteiger partial charge < -0.3 is 15.0 Å². The van der Waals surface area contributed by atoms with Gasteiger partial charge in [-0.2, -0.15) is 0 Å². The maximum absolute atomic E-state index is 12.3. The van der Waals surface area contributed by atoms with Gasteiger partial charge >= 0.3 is 0 Å². The molecule has 0 aromatic heterocycles. The van der Waals surface area contributed by atoms with Gasteiger partial charge in [0.25, 0.3) is 0 Å². The number of hydrogen-bond acceptors (Lipinski definition) is 3. The third-order valence-electron chi connectivity index (χ3n) is 3.11. The van der Waals surface area contributed by atoms with Crippen molar-refractivity contribution < 1.29 is 14.3 Å². The molecule has 0 aliphatic carbocycles. The number of anilines is 1. The molecule has 1 aromatic carbocycles. The molecule has 0 radical (unpaired) electrons. The molecule has 0 atom stereocenters. The van der Waals surface area contributed by atoms with Crippen LogP contribution in [0, 0.1) is 5.92 Å². The fourth-order valence-corrected chi connectivity index (χ4v) is 2.09. The predicted octanol–water partition coefficient (Wildman–Crippen LogP) is 2.79. The Balaban J connectivity index is 2.68. The molecule has 0 aliphatic rings. The molecule has 0 heterocycles. The fraction of sp³-hybridized carbons (Fsp3) is 0.444. The molecule has 23 heavy (non-hydrogen) atoms. The van der Waals surface area contributed by atoms with Crippen LogP contribution in [0.3, 0.4) is 0 Å². The third kappa shape index (κ3) is 7.61. The van der Waals surface area contributed by atoms with Gasteiger partial charge in [0.2, 0.25) is 11.8 Å². The van der Waals surface area contributed by atoms with E-state index in [4.69, 9.17) is 4.74 Å². The van der Waals surface area contributed by atoms with Crippen molar-refractivity contribution in [1.29, 1.82) is 0 Å². The molecule has 5 heteroatoms. The summed E-state index contributed by atoms with van der Waals surface area (Å²) < 4.78 is 5.06. The van der Waals surface area contributed by atoms with Crippen molar-refractivity contribution in [1.82, 2.24) is 4.90 Å². The molecule has 0 spiro atoms. The maximum Gasteiger partial charge on any atom is 0.246 e. The van der Waals surface area contributed by atoms with E-state index in [0.29, 0.717) is 25.6 Å². The summed E-state index contributed by atoms with van der Waals surface area (Å²) in [5.41, 5.74) is 1.64. The minimum Gasteiger partial charge on any atom is -0.383 e. The lowest BCUT2D eigenvalue weighted by molar-refractivity contribution is -0.127. The normalized spacial score (nSPS) is 11.0. The lowest BCUT2D eigenvalue weighted by atomic mass is 10.1. The van der Waals surface area contributed by atoms with E-state index in [-0.39, 0.29) is 11.8 Å². The highest BCUT2D eigenvalue weighted by atomic mass is 16.5. The van der Waals surface area contributed by atoms with Crippen molar-refractivity contribution in [3.05, 3.63) is 35.9 Å². The van der Waals surface area contributed by atoms with Gasteiger partial charge in [0.15, 0.2) is 0 Å². The van der Waals surface area contributed by atoms with Crippen molar-refractivity contribution >= 4 is 23.6 Å². The number of amides is 2. The minimum absolute atomic E-state index is 0.0262. The minimum atomic E-state index is -0.106. The van der Waals surface area contributed by atoms with Gasteiger partial charge in [0, 0.05) is 38.9 Å². The summed E-state index contributed by atoms with van der Waals surface area (Å²) in [5, 5.41) is 2.71. The summed E-state index contributed by atoms with van der Waals surface area (Å²) in [6, 6.07) is 7.33. The summed E-state index contributed by atoms with van der Waals surface area (Å²) in [7, 11) is 1.63. The average Bonchev–Trinajstić information content (AvgIpc) is 2.49. The Hall–Kier alpha value is -2.14. The molecular formula is C18H26N2O3. The van der Waals surface area contributed by atoms with Gasteiger partial charge in [0.1, 0.15) is 0 Å². The first-order valence-electron chi connectivity index (χ1n) is 7.76. The first kappa shape index (κ1) is 18.9. The zero-order valence-electron chi connectivity index (χ0n) is 14.3. The van der Waals surface area contributed by atoms with E-state index in [1.807, 2.05) is 24.3 Å². The molecule has 0 saturated heterocycles. The molecule has 1 N–H and O–H groups in total. The summed E-state index contributed by atoms with van der Waals surface area (Å²) >= 11 is 0. The Bertz CT molecular complexity index is 536. The molecule has 0 fully saturated rings. The fourth-order valence-electron chi connectivity index (χ4n) is 2.09. The molecule has 0 aliphatic heterocycles. The number of methoxy groups -OCH3 is 1. The number of carbonyl (C=O) groups is 2. The third-order valence-corrected chi connectivity index (χ3v) is 3.11. The Morgan fingerprint density at radius 1 is 1.26 bits per heavy atom. The number of nitrogens with zero attached hydrogens (tertiary/aromatic N) is 1. The van der Waals surface area contributed by atoms with E-state index >= 15 is 0 Å². The van der Waals surface area contributed by atoms with Gasteiger partial charge in [-0.15, -0.1) is 0 Å². The van der Waals surface area contributed by atoms with Gasteiger partial charge in [-0.25, -0.2) is 0 Å². The molecule has 126 valence electrons. The average molecular weight is 318 g/mol. The maximum atomic E-state index is 12.3. The molecule has 2 amide bonds. The highest BCUT2D eigenvalue weighted by Gasteiger charge is 2.11. The van der Waals surface area contributed by atoms with Gasteiger partial charge in [0.05, 0.1) is 6.61 Å². The molecule has 0 saturated carbocycles. The number of ether oxygens (including phenoxy) is 1. The smallest absolute Gasteiger partial charge is 0.246 e. The van der Waals surface area contributed by atoms with E-state index < -0.39 is 0 Å². The zero-order chi connectivity index (χ0) is 17.2. The molecule has 0 unspecified atom stereocenters. The second kappa shape index (κ2) is 9.79. The molecule has 1 rings (SSSR count). The number of hydrogen-bond donors (Lipinski definition) is 1. The summed E-state index contributed by atoms with van der Waals surface area (Å²) in [4.78, 5) is 25.1. The van der Waals surface area contributed by atoms with Crippen LogP contribution >= 0.6 is 0 Å². The van der Waals surface area contributed by atoms with Gasteiger partial charge in [-0.3, -0.25) is 9.59 Å². The van der Waals surface area contributed by atoms with Crippen molar-refractivity contribution in [2.45, 2.75) is 20.8 Å². The zero-order valence-corrected chi connectivity index (χ0v) is 14.3. The summed E-state index contributed by atoms with van der Waals surface area (Å²) in [6.07, 6.45) is 3.35. The standard InChI is InChI=1S/C18H26N2O3/c1-14(2)13-20(11-12-23-4)18(22)10-7-16-5-8-17(9-6-16)19-15(3)21/h5-10,14H,11-13H2,1-4H3,(H,19,21)/b10-7+. The molecule has 5 nitrogen and oxygen atoms in total. The summed E-state index contributed by atoms with van der Waals surface area (Å²) in [6.45, 7) is 7.44. The van der Waals surface area contributed by atoms with E-state index in [9.17, 15) is 9.59 Å². The van der Waals surface area contributed by atoms with Crippen LogP contribution in [0.1, 0.15) is 26.3 Å². The Labute approximate surface area is 138 Å². The SMILES string of the molecule is COCCN(CC(C)C)C(=O)/C=C/c1ccc(NC(C)=O)cc1.